The fourth-order valence-electron chi connectivity index (χ4n) is 2.51. The number of carbonyl (C=O) groups excluding carboxylic acids is 1. The fourth-order valence-corrected chi connectivity index (χ4v) is 2.51. The molecule has 1 aliphatic rings. The molecule has 0 atom stereocenters. The number of benzene rings is 1. The summed E-state index contributed by atoms with van der Waals surface area (Å²) >= 11 is 0. The molecular formula is C16H16N2O. The molecule has 0 saturated carbocycles. The van der Waals surface area contributed by atoms with Crippen LogP contribution in [0.4, 0.5) is 0 Å². The fraction of sp³-hybridized carbons (Fsp3) is 0.250. The third kappa shape index (κ3) is 2.36. The number of aryl methyl sites for hydroxylation is 1. The maximum Gasteiger partial charge on any atom is 0.254 e. The van der Waals surface area contributed by atoms with Gasteiger partial charge in [0.05, 0.1) is 12.2 Å². The average molecular weight is 252 g/mol. The molecule has 3 heteroatoms. The average Bonchev–Trinajstić information content (AvgIpc) is 2.42. The first-order valence-corrected chi connectivity index (χ1v) is 6.54. The number of pyridine rings is 1. The summed E-state index contributed by atoms with van der Waals surface area (Å²) < 4.78 is 0. The molecule has 0 fully saturated rings. The molecule has 96 valence electrons. The van der Waals surface area contributed by atoms with Crippen molar-refractivity contribution in [3.63, 3.8) is 0 Å². The summed E-state index contributed by atoms with van der Waals surface area (Å²) in [5.41, 5.74) is 3.93. The van der Waals surface area contributed by atoms with Crippen LogP contribution in [0.25, 0.3) is 0 Å². The topological polar surface area (TPSA) is 33.2 Å². The van der Waals surface area contributed by atoms with Crippen LogP contribution in [0.15, 0.2) is 42.5 Å². The number of hydrogen-bond donors (Lipinski definition) is 0. The lowest BCUT2D eigenvalue weighted by Gasteiger charge is -2.28. The van der Waals surface area contributed by atoms with Crippen LogP contribution in [0.1, 0.15) is 27.3 Å². The first-order valence-electron chi connectivity index (χ1n) is 6.54. The van der Waals surface area contributed by atoms with Gasteiger partial charge in [0.25, 0.3) is 5.91 Å². The maximum atomic E-state index is 12.4. The summed E-state index contributed by atoms with van der Waals surface area (Å²) in [7, 11) is 0. The minimum atomic E-state index is 0.116. The van der Waals surface area contributed by atoms with Crippen molar-refractivity contribution in [2.24, 2.45) is 0 Å². The number of hydrogen-bond acceptors (Lipinski definition) is 2. The SMILES string of the molecule is Cc1cccc(CN2CCc3ccccc3C2=O)n1. The second kappa shape index (κ2) is 4.84. The number of fused-ring (bicyclic) bond motifs is 1. The lowest BCUT2D eigenvalue weighted by molar-refractivity contribution is 0.0725. The predicted octanol–water partition coefficient (Wildman–Crippen LogP) is 2.59. The summed E-state index contributed by atoms with van der Waals surface area (Å²) in [5, 5.41) is 0. The Balaban J connectivity index is 1.83. The Morgan fingerprint density at radius 2 is 2.00 bits per heavy atom. The molecule has 0 bridgehead atoms. The molecule has 2 aromatic rings. The largest absolute Gasteiger partial charge is 0.332 e. The number of aromatic nitrogens is 1. The van der Waals surface area contributed by atoms with E-state index in [1.807, 2.05) is 54.3 Å². The van der Waals surface area contributed by atoms with Crippen molar-refractivity contribution in [2.45, 2.75) is 19.9 Å². The highest BCUT2D eigenvalue weighted by Crippen LogP contribution is 2.19. The Bertz CT molecular complexity index is 622. The van der Waals surface area contributed by atoms with E-state index in [0.29, 0.717) is 6.54 Å². The van der Waals surface area contributed by atoms with Crippen molar-refractivity contribution >= 4 is 5.91 Å². The van der Waals surface area contributed by atoms with E-state index >= 15 is 0 Å². The number of carbonyl (C=O) groups is 1. The zero-order chi connectivity index (χ0) is 13.2. The predicted molar refractivity (Wildman–Crippen MR) is 73.9 cm³/mol. The highest BCUT2D eigenvalue weighted by atomic mass is 16.2. The molecule has 3 nitrogen and oxygen atoms in total. The molecule has 1 aromatic heterocycles. The first-order chi connectivity index (χ1) is 9.24. The zero-order valence-corrected chi connectivity index (χ0v) is 11.0. The van der Waals surface area contributed by atoms with Gasteiger partial charge >= 0.3 is 0 Å². The van der Waals surface area contributed by atoms with Crippen LogP contribution in [0.3, 0.4) is 0 Å². The molecule has 0 aliphatic carbocycles. The van der Waals surface area contributed by atoms with Crippen LogP contribution < -0.4 is 0 Å². The molecule has 3 rings (SSSR count). The van der Waals surface area contributed by atoms with Gasteiger partial charge in [-0.25, -0.2) is 0 Å². The Morgan fingerprint density at radius 1 is 1.16 bits per heavy atom. The lowest BCUT2D eigenvalue weighted by Crippen LogP contribution is -2.37. The van der Waals surface area contributed by atoms with E-state index in [4.69, 9.17) is 0 Å². The Kier molecular flexibility index (Phi) is 3.03. The smallest absolute Gasteiger partial charge is 0.254 e. The third-order valence-electron chi connectivity index (χ3n) is 3.48. The number of rotatable bonds is 2. The van der Waals surface area contributed by atoms with Crippen LogP contribution >= 0.6 is 0 Å². The summed E-state index contributed by atoms with van der Waals surface area (Å²) in [4.78, 5) is 18.7. The van der Waals surface area contributed by atoms with E-state index < -0.39 is 0 Å². The minimum absolute atomic E-state index is 0.116. The highest BCUT2D eigenvalue weighted by Gasteiger charge is 2.23. The Morgan fingerprint density at radius 3 is 2.84 bits per heavy atom. The van der Waals surface area contributed by atoms with Gasteiger partial charge in [-0.15, -0.1) is 0 Å². The van der Waals surface area contributed by atoms with Gasteiger partial charge in [0.2, 0.25) is 0 Å². The molecule has 0 saturated heterocycles. The molecule has 0 spiro atoms. The van der Waals surface area contributed by atoms with E-state index in [1.54, 1.807) is 0 Å². The van der Waals surface area contributed by atoms with Gasteiger partial charge in [-0.1, -0.05) is 24.3 Å². The number of amides is 1. The van der Waals surface area contributed by atoms with Crippen molar-refractivity contribution < 1.29 is 4.79 Å². The molecule has 1 amide bonds. The molecule has 0 radical (unpaired) electrons. The number of nitrogens with zero attached hydrogens (tertiary/aromatic N) is 2. The van der Waals surface area contributed by atoms with Gasteiger partial charge in [0, 0.05) is 17.8 Å². The lowest BCUT2D eigenvalue weighted by atomic mass is 9.99. The molecule has 0 N–H and O–H groups in total. The van der Waals surface area contributed by atoms with Crippen LogP contribution in [0, 0.1) is 6.92 Å². The van der Waals surface area contributed by atoms with Crippen molar-refractivity contribution in [3.05, 3.63) is 65.0 Å². The van der Waals surface area contributed by atoms with E-state index in [2.05, 4.69) is 4.98 Å². The van der Waals surface area contributed by atoms with E-state index in [9.17, 15) is 4.79 Å². The minimum Gasteiger partial charge on any atom is -0.332 e. The van der Waals surface area contributed by atoms with E-state index in [-0.39, 0.29) is 5.91 Å². The summed E-state index contributed by atoms with van der Waals surface area (Å²) in [6.45, 7) is 3.33. The van der Waals surface area contributed by atoms with Gasteiger partial charge in [-0.2, -0.15) is 0 Å². The van der Waals surface area contributed by atoms with Crippen molar-refractivity contribution in [3.8, 4) is 0 Å². The molecule has 1 aliphatic heterocycles. The quantitative estimate of drug-likeness (QED) is 0.823. The van der Waals surface area contributed by atoms with Crippen LogP contribution in [0.5, 0.6) is 0 Å². The van der Waals surface area contributed by atoms with Crippen molar-refractivity contribution in [1.29, 1.82) is 0 Å². The standard InChI is InChI=1S/C16H16N2O/c1-12-5-4-7-14(17-12)11-18-10-9-13-6-2-3-8-15(13)16(18)19/h2-8H,9-11H2,1H3. The van der Waals surface area contributed by atoms with E-state index in [0.717, 1.165) is 35.5 Å². The monoisotopic (exact) mass is 252 g/mol. The Hall–Kier alpha value is -2.16. The normalized spacial score (nSPS) is 14.4. The van der Waals surface area contributed by atoms with Gasteiger partial charge in [-0.3, -0.25) is 9.78 Å². The van der Waals surface area contributed by atoms with Gasteiger partial charge in [-0.05, 0) is 37.1 Å². The van der Waals surface area contributed by atoms with Crippen molar-refractivity contribution in [2.75, 3.05) is 6.54 Å². The molecular weight excluding hydrogens is 236 g/mol. The van der Waals surface area contributed by atoms with Gasteiger partial charge < -0.3 is 4.90 Å². The molecule has 2 heterocycles. The maximum absolute atomic E-state index is 12.4. The zero-order valence-electron chi connectivity index (χ0n) is 11.0. The third-order valence-corrected chi connectivity index (χ3v) is 3.48. The Labute approximate surface area is 112 Å². The highest BCUT2D eigenvalue weighted by molar-refractivity contribution is 5.96. The summed E-state index contributed by atoms with van der Waals surface area (Å²) in [6, 6.07) is 13.8. The summed E-state index contributed by atoms with van der Waals surface area (Å²) in [5.74, 6) is 0.116. The van der Waals surface area contributed by atoms with Crippen molar-refractivity contribution in [1.82, 2.24) is 9.88 Å². The van der Waals surface area contributed by atoms with Gasteiger partial charge in [0.15, 0.2) is 0 Å². The van der Waals surface area contributed by atoms with Crippen LogP contribution in [-0.2, 0) is 13.0 Å². The molecule has 0 unspecified atom stereocenters. The summed E-state index contributed by atoms with van der Waals surface area (Å²) in [6.07, 6.45) is 0.924. The van der Waals surface area contributed by atoms with Crippen LogP contribution in [0.2, 0.25) is 0 Å². The second-order valence-corrected chi connectivity index (χ2v) is 4.90. The van der Waals surface area contributed by atoms with Crippen LogP contribution in [-0.4, -0.2) is 22.3 Å². The van der Waals surface area contributed by atoms with Gasteiger partial charge in [0.1, 0.15) is 0 Å². The first kappa shape index (κ1) is 11.9. The van der Waals surface area contributed by atoms with E-state index in [1.165, 1.54) is 0 Å². The molecule has 19 heavy (non-hydrogen) atoms. The molecule has 1 aromatic carbocycles. The second-order valence-electron chi connectivity index (χ2n) is 4.90.